The van der Waals surface area contributed by atoms with Crippen molar-refractivity contribution in [3.05, 3.63) is 58.1 Å². The van der Waals surface area contributed by atoms with Crippen molar-refractivity contribution in [1.82, 2.24) is 4.72 Å². The Morgan fingerprint density at radius 3 is 2.52 bits per heavy atom. The zero-order valence-corrected chi connectivity index (χ0v) is 13.0. The Hall–Kier alpha value is -1.51. The topological polar surface area (TPSA) is 72.2 Å². The molecule has 2 rings (SSSR count). The fourth-order valence-electron chi connectivity index (χ4n) is 1.65. The maximum atomic E-state index is 13.6. The van der Waals surface area contributed by atoms with Crippen LogP contribution in [0.1, 0.15) is 5.56 Å². The van der Waals surface area contributed by atoms with Crippen molar-refractivity contribution in [3.8, 4) is 0 Å². The molecule has 0 aromatic heterocycles. The van der Waals surface area contributed by atoms with Crippen molar-refractivity contribution in [2.45, 2.75) is 11.4 Å². The highest BCUT2D eigenvalue weighted by Crippen LogP contribution is 2.21. The molecule has 0 fully saturated rings. The van der Waals surface area contributed by atoms with Gasteiger partial charge in [-0.2, -0.15) is 0 Å². The van der Waals surface area contributed by atoms with E-state index in [0.717, 1.165) is 10.5 Å². The molecule has 4 nitrogen and oxygen atoms in total. The van der Waals surface area contributed by atoms with E-state index in [2.05, 4.69) is 20.7 Å². The molecule has 0 heterocycles. The number of hydrogen-bond acceptors (Lipinski definition) is 3. The number of halogens is 3. The van der Waals surface area contributed by atoms with Crippen LogP contribution in [0.4, 0.5) is 14.5 Å². The molecule has 112 valence electrons. The summed E-state index contributed by atoms with van der Waals surface area (Å²) in [5, 5.41) is 0. The van der Waals surface area contributed by atoms with Crippen molar-refractivity contribution >= 4 is 31.6 Å². The molecule has 0 aliphatic carbocycles. The van der Waals surface area contributed by atoms with Crippen LogP contribution in [0.3, 0.4) is 0 Å². The van der Waals surface area contributed by atoms with Crippen LogP contribution >= 0.6 is 15.9 Å². The first-order chi connectivity index (χ1) is 9.79. The summed E-state index contributed by atoms with van der Waals surface area (Å²) in [6.45, 7) is -0.0293. The molecular formula is C13H11BrF2N2O2S. The van der Waals surface area contributed by atoms with Gasteiger partial charge >= 0.3 is 0 Å². The summed E-state index contributed by atoms with van der Waals surface area (Å²) in [4.78, 5) is -0.684. The van der Waals surface area contributed by atoms with Crippen LogP contribution in [-0.2, 0) is 16.6 Å². The van der Waals surface area contributed by atoms with Crippen LogP contribution in [0.5, 0.6) is 0 Å². The van der Waals surface area contributed by atoms with Crippen molar-refractivity contribution < 1.29 is 17.2 Å². The van der Waals surface area contributed by atoms with E-state index in [1.807, 2.05) is 0 Å². The Morgan fingerprint density at radius 2 is 1.86 bits per heavy atom. The van der Waals surface area contributed by atoms with Gasteiger partial charge in [-0.15, -0.1) is 0 Å². The van der Waals surface area contributed by atoms with E-state index < -0.39 is 32.2 Å². The van der Waals surface area contributed by atoms with Crippen LogP contribution in [-0.4, -0.2) is 8.42 Å². The van der Waals surface area contributed by atoms with Crippen LogP contribution in [0.2, 0.25) is 0 Å². The summed E-state index contributed by atoms with van der Waals surface area (Å²) in [5.74, 6) is -2.19. The lowest BCUT2D eigenvalue weighted by Crippen LogP contribution is -2.24. The zero-order chi connectivity index (χ0) is 15.6. The second-order valence-electron chi connectivity index (χ2n) is 4.26. The number of rotatable bonds is 4. The highest BCUT2D eigenvalue weighted by atomic mass is 79.9. The Labute approximate surface area is 129 Å². The number of nitrogens with one attached hydrogen (secondary N) is 1. The molecule has 0 saturated carbocycles. The van der Waals surface area contributed by atoms with Gasteiger partial charge in [-0.25, -0.2) is 21.9 Å². The average Bonchev–Trinajstić information content (AvgIpc) is 2.41. The molecule has 3 N–H and O–H groups in total. The summed E-state index contributed by atoms with van der Waals surface area (Å²) in [5.41, 5.74) is 5.53. The number of anilines is 1. The van der Waals surface area contributed by atoms with Crippen molar-refractivity contribution in [1.29, 1.82) is 0 Å². The number of sulfonamides is 1. The molecule has 21 heavy (non-hydrogen) atoms. The van der Waals surface area contributed by atoms with Gasteiger partial charge in [0.2, 0.25) is 10.0 Å². The molecule has 0 saturated heterocycles. The van der Waals surface area contributed by atoms with Gasteiger partial charge in [0, 0.05) is 17.1 Å². The average molecular weight is 377 g/mol. The minimum atomic E-state index is -4.13. The molecule has 2 aromatic carbocycles. The van der Waals surface area contributed by atoms with Gasteiger partial charge in [0.1, 0.15) is 16.5 Å². The third kappa shape index (κ3) is 3.78. The van der Waals surface area contributed by atoms with E-state index in [0.29, 0.717) is 11.6 Å². The summed E-state index contributed by atoms with van der Waals surface area (Å²) < 4.78 is 53.7. The summed E-state index contributed by atoms with van der Waals surface area (Å²) in [6.07, 6.45) is 0. The lowest BCUT2D eigenvalue weighted by Gasteiger charge is -2.09. The molecule has 0 aliphatic rings. The van der Waals surface area contributed by atoms with Crippen LogP contribution in [0.25, 0.3) is 0 Å². The number of hydrogen-bond donors (Lipinski definition) is 2. The van der Waals surface area contributed by atoms with Crippen LogP contribution in [0, 0.1) is 11.6 Å². The first-order valence-corrected chi connectivity index (χ1v) is 8.06. The van der Waals surface area contributed by atoms with Crippen LogP contribution in [0.15, 0.2) is 45.8 Å². The fourth-order valence-corrected chi connectivity index (χ4v) is 3.21. The van der Waals surface area contributed by atoms with E-state index in [9.17, 15) is 17.2 Å². The van der Waals surface area contributed by atoms with Gasteiger partial charge in [0.05, 0.1) is 5.69 Å². The van der Waals surface area contributed by atoms with Gasteiger partial charge in [-0.3, -0.25) is 0 Å². The molecular weight excluding hydrogens is 366 g/mol. The standard InChI is InChI=1S/C13H11BrF2N2O2S/c14-9-3-1-2-8(4-9)7-18-21(19,20)13-6-12(17)10(15)5-11(13)16/h1-6,18H,7,17H2. The minimum Gasteiger partial charge on any atom is -0.396 e. The zero-order valence-electron chi connectivity index (χ0n) is 10.6. The molecule has 8 heteroatoms. The molecule has 0 bridgehead atoms. The monoisotopic (exact) mass is 376 g/mol. The normalized spacial score (nSPS) is 11.6. The third-order valence-electron chi connectivity index (χ3n) is 2.70. The van der Waals surface area contributed by atoms with E-state index in [1.165, 1.54) is 0 Å². The molecule has 0 unspecified atom stereocenters. The second-order valence-corrected chi connectivity index (χ2v) is 6.91. The van der Waals surface area contributed by atoms with E-state index in [-0.39, 0.29) is 6.54 Å². The maximum Gasteiger partial charge on any atom is 0.243 e. The highest BCUT2D eigenvalue weighted by molar-refractivity contribution is 9.10. The first-order valence-electron chi connectivity index (χ1n) is 5.78. The Balaban J connectivity index is 2.25. The number of nitrogen functional groups attached to an aromatic ring is 1. The van der Waals surface area contributed by atoms with Crippen molar-refractivity contribution in [3.63, 3.8) is 0 Å². The third-order valence-corrected chi connectivity index (χ3v) is 4.61. The fraction of sp³-hybridized carbons (Fsp3) is 0.0769. The summed E-state index contributed by atoms with van der Waals surface area (Å²) in [6, 6.07) is 8.17. The van der Waals surface area contributed by atoms with Gasteiger partial charge in [-0.05, 0) is 23.8 Å². The molecule has 2 aromatic rings. The van der Waals surface area contributed by atoms with Gasteiger partial charge in [0.25, 0.3) is 0 Å². The molecule has 0 aliphatic heterocycles. The van der Waals surface area contributed by atoms with Gasteiger partial charge in [0.15, 0.2) is 0 Å². The van der Waals surface area contributed by atoms with Gasteiger partial charge < -0.3 is 5.73 Å². The molecule has 0 spiro atoms. The lowest BCUT2D eigenvalue weighted by atomic mass is 10.2. The van der Waals surface area contributed by atoms with Gasteiger partial charge in [-0.1, -0.05) is 28.1 Å². The molecule has 0 amide bonds. The predicted molar refractivity (Wildman–Crippen MR) is 78.9 cm³/mol. The highest BCUT2D eigenvalue weighted by Gasteiger charge is 2.21. The maximum absolute atomic E-state index is 13.6. The Morgan fingerprint density at radius 1 is 1.14 bits per heavy atom. The van der Waals surface area contributed by atoms with Crippen LogP contribution < -0.4 is 10.5 Å². The molecule has 0 radical (unpaired) electrons. The Kier molecular flexibility index (Phi) is 4.60. The summed E-state index contributed by atoms with van der Waals surface area (Å²) in [7, 11) is -4.13. The largest absolute Gasteiger partial charge is 0.396 e. The number of benzene rings is 2. The quantitative estimate of drug-likeness (QED) is 0.805. The lowest BCUT2D eigenvalue weighted by molar-refractivity contribution is 0.544. The SMILES string of the molecule is Nc1cc(S(=O)(=O)NCc2cccc(Br)c2)c(F)cc1F. The molecule has 0 atom stereocenters. The predicted octanol–water partition coefficient (Wildman–Crippen LogP) is 2.79. The van der Waals surface area contributed by atoms with E-state index in [4.69, 9.17) is 5.73 Å². The first kappa shape index (κ1) is 15.9. The smallest absolute Gasteiger partial charge is 0.243 e. The van der Waals surface area contributed by atoms with E-state index >= 15 is 0 Å². The number of nitrogens with two attached hydrogens (primary N) is 1. The Bertz CT molecular complexity index is 782. The van der Waals surface area contributed by atoms with Crippen molar-refractivity contribution in [2.24, 2.45) is 0 Å². The summed E-state index contributed by atoms with van der Waals surface area (Å²) >= 11 is 3.26. The second kappa shape index (κ2) is 6.08. The minimum absolute atomic E-state index is 0.0293. The van der Waals surface area contributed by atoms with E-state index in [1.54, 1.807) is 24.3 Å². The van der Waals surface area contributed by atoms with Crippen molar-refractivity contribution in [2.75, 3.05) is 5.73 Å².